The molecule has 2 aliphatic rings. The van der Waals surface area contributed by atoms with Gasteiger partial charge in [-0.1, -0.05) is 0 Å². The second kappa shape index (κ2) is 4.46. The van der Waals surface area contributed by atoms with Crippen molar-refractivity contribution in [1.29, 1.82) is 0 Å². The third-order valence-electron chi connectivity index (χ3n) is 2.98. The fourth-order valence-electron chi connectivity index (χ4n) is 2.50. The molecule has 1 saturated heterocycles. The number of aliphatic imine (C=N–C) groups is 1. The maximum atomic E-state index is 5.96. The van der Waals surface area contributed by atoms with Crippen molar-refractivity contribution in [3.8, 4) is 0 Å². The lowest BCUT2D eigenvalue weighted by atomic mass is 10.1. The summed E-state index contributed by atoms with van der Waals surface area (Å²) in [5.41, 5.74) is -0.468. The Bertz CT molecular complexity index is 306. The number of hydrogen-bond acceptors (Lipinski definition) is 5. The van der Waals surface area contributed by atoms with Gasteiger partial charge in [0, 0.05) is 0 Å². The molecule has 0 radical (unpaired) electrons. The Balaban J connectivity index is 2.01. The molecule has 0 amide bonds. The quantitative estimate of drug-likeness (QED) is 0.634. The molecule has 2 heterocycles. The molecule has 1 fully saturated rings. The molecule has 0 spiro atoms. The highest BCUT2D eigenvalue weighted by atomic mass is 16.5. The van der Waals surface area contributed by atoms with Crippen LogP contribution in [0.1, 0.15) is 40.5 Å². The largest absolute Gasteiger partial charge is 0.462 e. The van der Waals surface area contributed by atoms with Crippen molar-refractivity contribution in [1.82, 2.24) is 16.0 Å². The van der Waals surface area contributed by atoms with Crippen LogP contribution in [0.4, 0.5) is 0 Å². The standard InChI is InChI=1S/C12H24N4O/c1-11(2)14-10(15-12(3,4)16-11)17-9-5-7-13-8-6-9/h9,13,16H,5-8H2,1-4H3,(H,14,15). The molecule has 98 valence electrons. The minimum Gasteiger partial charge on any atom is -0.462 e. The molecule has 0 aliphatic carbocycles. The summed E-state index contributed by atoms with van der Waals surface area (Å²) >= 11 is 0. The van der Waals surface area contributed by atoms with Gasteiger partial charge in [-0.05, 0) is 53.6 Å². The molecule has 5 heteroatoms. The van der Waals surface area contributed by atoms with E-state index >= 15 is 0 Å². The highest BCUT2D eigenvalue weighted by molar-refractivity contribution is 5.75. The minimum absolute atomic E-state index is 0.187. The van der Waals surface area contributed by atoms with E-state index in [0.29, 0.717) is 6.02 Å². The maximum Gasteiger partial charge on any atom is 0.288 e. The molecular formula is C12H24N4O. The SMILES string of the molecule is CC1(C)N=C(OC2CCNCC2)NC(C)(C)N1. The molecule has 17 heavy (non-hydrogen) atoms. The van der Waals surface area contributed by atoms with Gasteiger partial charge >= 0.3 is 0 Å². The van der Waals surface area contributed by atoms with Gasteiger partial charge in [0.15, 0.2) is 0 Å². The molecule has 2 aliphatic heterocycles. The molecule has 0 unspecified atom stereocenters. The first-order valence-corrected chi connectivity index (χ1v) is 6.41. The summed E-state index contributed by atoms with van der Waals surface area (Å²) in [6.07, 6.45) is 2.39. The van der Waals surface area contributed by atoms with Crippen LogP contribution in [0.2, 0.25) is 0 Å². The fraction of sp³-hybridized carbons (Fsp3) is 0.917. The molecule has 5 nitrogen and oxygen atoms in total. The van der Waals surface area contributed by atoms with Crippen LogP contribution < -0.4 is 16.0 Å². The number of nitrogens with one attached hydrogen (secondary N) is 3. The van der Waals surface area contributed by atoms with E-state index in [1.54, 1.807) is 0 Å². The van der Waals surface area contributed by atoms with Crippen molar-refractivity contribution in [2.45, 2.75) is 58.0 Å². The normalized spacial score (nSPS) is 28.1. The van der Waals surface area contributed by atoms with Gasteiger partial charge in [-0.15, -0.1) is 0 Å². The number of piperidine rings is 1. The third kappa shape index (κ3) is 3.57. The second-order valence-corrected chi connectivity index (χ2v) is 5.92. The smallest absolute Gasteiger partial charge is 0.288 e. The molecule has 0 aromatic rings. The van der Waals surface area contributed by atoms with Crippen LogP contribution in [0.5, 0.6) is 0 Å². The number of amidine groups is 1. The van der Waals surface area contributed by atoms with Gasteiger partial charge in [-0.25, -0.2) is 4.99 Å². The molecule has 0 atom stereocenters. The maximum absolute atomic E-state index is 5.96. The highest BCUT2D eigenvalue weighted by Gasteiger charge is 2.34. The van der Waals surface area contributed by atoms with E-state index in [4.69, 9.17) is 4.74 Å². The molecule has 0 bridgehead atoms. The average molecular weight is 240 g/mol. The molecule has 0 saturated carbocycles. The van der Waals surface area contributed by atoms with Crippen molar-refractivity contribution in [3.05, 3.63) is 0 Å². The zero-order valence-corrected chi connectivity index (χ0v) is 11.3. The number of rotatable bonds is 1. The average Bonchev–Trinajstić information content (AvgIpc) is 2.13. The topological polar surface area (TPSA) is 57.7 Å². The van der Waals surface area contributed by atoms with Crippen molar-refractivity contribution < 1.29 is 4.74 Å². The van der Waals surface area contributed by atoms with Crippen molar-refractivity contribution in [2.75, 3.05) is 13.1 Å². The van der Waals surface area contributed by atoms with E-state index in [0.717, 1.165) is 25.9 Å². The van der Waals surface area contributed by atoms with Crippen molar-refractivity contribution in [2.24, 2.45) is 4.99 Å². The van der Waals surface area contributed by atoms with Gasteiger partial charge in [0.1, 0.15) is 11.8 Å². The Morgan fingerprint density at radius 1 is 1.18 bits per heavy atom. The van der Waals surface area contributed by atoms with Crippen LogP contribution in [0.3, 0.4) is 0 Å². The first kappa shape index (κ1) is 12.6. The van der Waals surface area contributed by atoms with Gasteiger partial charge in [0.2, 0.25) is 0 Å². The molecular weight excluding hydrogens is 216 g/mol. The second-order valence-electron chi connectivity index (χ2n) is 5.92. The summed E-state index contributed by atoms with van der Waals surface area (Å²) < 4.78 is 5.96. The van der Waals surface area contributed by atoms with Gasteiger partial charge < -0.3 is 15.4 Å². The van der Waals surface area contributed by atoms with Crippen LogP contribution in [0.25, 0.3) is 0 Å². The monoisotopic (exact) mass is 240 g/mol. The summed E-state index contributed by atoms with van der Waals surface area (Å²) in [7, 11) is 0. The third-order valence-corrected chi connectivity index (χ3v) is 2.98. The Morgan fingerprint density at radius 3 is 2.41 bits per heavy atom. The molecule has 0 aromatic heterocycles. The summed E-state index contributed by atoms with van der Waals surface area (Å²) in [6, 6.07) is 0.672. The fourth-order valence-corrected chi connectivity index (χ4v) is 2.50. The van der Waals surface area contributed by atoms with Crippen LogP contribution in [-0.2, 0) is 4.74 Å². The molecule has 2 rings (SSSR count). The van der Waals surface area contributed by atoms with E-state index in [9.17, 15) is 0 Å². The Kier molecular flexibility index (Phi) is 3.32. The number of nitrogens with zero attached hydrogens (tertiary/aromatic N) is 1. The number of ether oxygens (including phenoxy) is 1. The van der Waals surface area contributed by atoms with Crippen LogP contribution in [0.15, 0.2) is 4.99 Å². The Morgan fingerprint density at radius 2 is 1.82 bits per heavy atom. The van der Waals surface area contributed by atoms with E-state index < -0.39 is 0 Å². The Hall–Kier alpha value is -0.810. The van der Waals surface area contributed by atoms with Gasteiger partial charge in [0.05, 0.1) is 5.66 Å². The summed E-state index contributed by atoms with van der Waals surface area (Å²) in [6.45, 7) is 10.4. The lowest BCUT2D eigenvalue weighted by molar-refractivity contribution is 0.115. The summed E-state index contributed by atoms with van der Waals surface area (Å²) in [4.78, 5) is 4.56. The zero-order valence-electron chi connectivity index (χ0n) is 11.3. The highest BCUT2D eigenvalue weighted by Crippen LogP contribution is 2.17. The van der Waals surface area contributed by atoms with E-state index in [1.165, 1.54) is 0 Å². The van der Waals surface area contributed by atoms with Gasteiger partial charge in [-0.3, -0.25) is 5.32 Å². The Labute approximate surface area is 103 Å². The molecule has 0 aromatic carbocycles. The summed E-state index contributed by atoms with van der Waals surface area (Å²) in [5.74, 6) is 0. The van der Waals surface area contributed by atoms with E-state index in [2.05, 4.69) is 48.6 Å². The number of hydrogen-bond donors (Lipinski definition) is 3. The van der Waals surface area contributed by atoms with Gasteiger partial charge in [0.25, 0.3) is 6.02 Å². The van der Waals surface area contributed by atoms with Crippen LogP contribution in [-0.4, -0.2) is 36.5 Å². The predicted octanol–water partition coefficient (Wildman–Crippen LogP) is 0.776. The van der Waals surface area contributed by atoms with E-state index in [-0.39, 0.29) is 17.4 Å². The zero-order chi connectivity index (χ0) is 12.5. The minimum atomic E-state index is -0.281. The lowest BCUT2D eigenvalue weighted by Gasteiger charge is -2.41. The first-order chi connectivity index (χ1) is 7.86. The summed E-state index contributed by atoms with van der Waals surface area (Å²) in [5, 5.41) is 10.0. The van der Waals surface area contributed by atoms with Crippen LogP contribution in [0, 0.1) is 0 Å². The first-order valence-electron chi connectivity index (χ1n) is 6.41. The lowest BCUT2D eigenvalue weighted by Crippen LogP contribution is -2.65. The predicted molar refractivity (Wildman–Crippen MR) is 68.8 cm³/mol. The molecule has 3 N–H and O–H groups in total. The van der Waals surface area contributed by atoms with Crippen LogP contribution >= 0.6 is 0 Å². The van der Waals surface area contributed by atoms with Crippen molar-refractivity contribution >= 4 is 6.02 Å². The van der Waals surface area contributed by atoms with Crippen molar-refractivity contribution in [3.63, 3.8) is 0 Å². The van der Waals surface area contributed by atoms with Gasteiger partial charge in [-0.2, -0.15) is 0 Å². The van der Waals surface area contributed by atoms with E-state index in [1.807, 2.05) is 0 Å².